The molecule has 0 aliphatic carbocycles. The van der Waals surface area contributed by atoms with Gasteiger partial charge in [0.05, 0.1) is 13.2 Å². The van der Waals surface area contributed by atoms with Crippen molar-refractivity contribution < 1.29 is 18.7 Å². The number of amides is 1. The second kappa shape index (κ2) is 7.18. The molecule has 0 radical (unpaired) electrons. The number of hydrogen-bond donors (Lipinski definition) is 0. The van der Waals surface area contributed by atoms with E-state index in [1.54, 1.807) is 14.2 Å². The Labute approximate surface area is 171 Å². The van der Waals surface area contributed by atoms with Crippen LogP contribution in [-0.2, 0) is 22.7 Å². The number of ether oxygens (including phenoxy) is 2. The zero-order valence-electron chi connectivity index (χ0n) is 17.1. The molecule has 1 aromatic heterocycles. The Hall–Kier alpha value is -2.31. The molecule has 6 nitrogen and oxygen atoms in total. The number of methoxy groups -OCH3 is 2. The third kappa shape index (κ3) is 2.89. The van der Waals surface area contributed by atoms with Crippen molar-refractivity contribution in [2.45, 2.75) is 44.0 Å². The van der Waals surface area contributed by atoms with E-state index in [1.807, 2.05) is 30.3 Å². The first-order chi connectivity index (χ1) is 14.2. The van der Waals surface area contributed by atoms with Crippen molar-refractivity contribution in [2.75, 3.05) is 27.3 Å². The van der Waals surface area contributed by atoms with E-state index in [9.17, 15) is 4.79 Å². The highest BCUT2D eigenvalue weighted by Gasteiger charge is 2.65. The molecule has 2 aromatic rings. The van der Waals surface area contributed by atoms with Gasteiger partial charge in [0.2, 0.25) is 5.91 Å². The average Bonchev–Trinajstić information content (AvgIpc) is 3.47. The van der Waals surface area contributed by atoms with Crippen LogP contribution in [0, 0.1) is 5.92 Å². The fraction of sp³-hybridized carbons (Fsp3) is 0.522. The lowest BCUT2D eigenvalue weighted by molar-refractivity contribution is -0.137. The molecular weight excluding hydrogens is 368 g/mol. The van der Waals surface area contributed by atoms with Crippen LogP contribution in [0.25, 0.3) is 0 Å². The molecule has 3 aliphatic rings. The topological polar surface area (TPSA) is 55.2 Å². The van der Waals surface area contributed by atoms with Crippen molar-refractivity contribution in [3.63, 3.8) is 0 Å². The predicted molar refractivity (Wildman–Crippen MR) is 107 cm³/mol. The van der Waals surface area contributed by atoms with E-state index in [2.05, 4.69) is 15.9 Å². The molecule has 6 heteroatoms. The quantitative estimate of drug-likeness (QED) is 0.749. The van der Waals surface area contributed by atoms with Gasteiger partial charge in [-0.25, -0.2) is 0 Å². The largest absolute Gasteiger partial charge is 0.497 e. The molecule has 0 bridgehead atoms. The van der Waals surface area contributed by atoms with Crippen molar-refractivity contribution in [1.29, 1.82) is 0 Å². The maximum atomic E-state index is 13.6. The Morgan fingerprint density at radius 3 is 2.76 bits per heavy atom. The van der Waals surface area contributed by atoms with Crippen LogP contribution in [0.2, 0.25) is 0 Å². The monoisotopic (exact) mass is 396 g/mol. The fourth-order valence-corrected chi connectivity index (χ4v) is 5.73. The summed E-state index contributed by atoms with van der Waals surface area (Å²) in [4.78, 5) is 18.1. The van der Waals surface area contributed by atoms with Crippen LogP contribution in [0.1, 0.15) is 42.4 Å². The molecule has 3 saturated heterocycles. The minimum absolute atomic E-state index is 0.195. The van der Waals surface area contributed by atoms with E-state index >= 15 is 0 Å². The van der Waals surface area contributed by atoms with Crippen LogP contribution in [0.5, 0.6) is 5.75 Å². The summed E-state index contributed by atoms with van der Waals surface area (Å²) < 4.78 is 16.5. The normalized spacial score (nSPS) is 28.8. The summed E-state index contributed by atoms with van der Waals surface area (Å²) >= 11 is 0. The van der Waals surface area contributed by atoms with Crippen LogP contribution >= 0.6 is 0 Å². The number of carbonyl (C=O) groups excluding carboxylic acids is 1. The van der Waals surface area contributed by atoms with Crippen molar-refractivity contribution in [1.82, 2.24) is 9.80 Å². The van der Waals surface area contributed by atoms with Gasteiger partial charge < -0.3 is 18.8 Å². The van der Waals surface area contributed by atoms with Gasteiger partial charge in [-0.2, -0.15) is 0 Å². The molecule has 0 unspecified atom stereocenters. The molecule has 4 heterocycles. The van der Waals surface area contributed by atoms with Gasteiger partial charge in [-0.3, -0.25) is 9.69 Å². The van der Waals surface area contributed by atoms with Crippen LogP contribution in [0.15, 0.2) is 40.8 Å². The summed E-state index contributed by atoms with van der Waals surface area (Å²) in [6, 6.07) is 12.3. The Balaban J connectivity index is 1.36. The first-order valence-electron chi connectivity index (χ1n) is 10.4. The molecular formula is C23H28N2O4. The van der Waals surface area contributed by atoms with Gasteiger partial charge in [0.1, 0.15) is 29.4 Å². The van der Waals surface area contributed by atoms with Crippen molar-refractivity contribution in [3.05, 3.63) is 53.5 Å². The van der Waals surface area contributed by atoms with E-state index in [0.717, 1.165) is 55.2 Å². The molecule has 0 saturated carbocycles. The van der Waals surface area contributed by atoms with E-state index in [4.69, 9.17) is 13.9 Å². The van der Waals surface area contributed by atoms with Crippen LogP contribution in [0.4, 0.5) is 0 Å². The Morgan fingerprint density at radius 2 is 2.00 bits per heavy atom. The number of hydrogen-bond acceptors (Lipinski definition) is 5. The van der Waals surface area contributed by atoms with E-state index in [0.29, 0.717) is 25.0 Å². The molecule has 3 atom stereocenters. The third-order valence-corrected chi connectivity index (χ3v) is 6.96. The highest BCUT2D eigenvalue weighted by atomic mass is 16.5. The predicted octanol–water partition coefficient (Wildman–Crippen LogP) is 3.37. The molecule has 3 fully saturated rings. The van der Waals surface area contributed by atoms with Gasteiger partial charge in [0.25, 0.3) is 0 Å². The SMILES string of the molecule is COCc1ccc([C@@H]2C[C@H]3CN(Cc4ccc(OC)cc4)C(=O)[C@]34CCCN24)o1. The maximum absolute atomic E-state index is 13.6. The molecule has 5 rings (SSSR count). The fourth-order valence-electron chi connectivity index (χ4n) is 5.73. The second-order valence-electron chi connectivity index (χ2n) is 8.44. The Morgan fingerprint density at radius 1 is 1.17 bits per heavy atom. The minimum Gasteiger partial charge on any atom is -0.497 e. The minimum atomic E-state index is -0.342. The summed E-state index contributed by atoms with van der Waals surface area (Å²) in [5, 5.41) is 0. The van der Waals surface area contributed by atoms with Gasteiger partial charge in [-0.05, 0) is 49.1 Å². The molecule has 1 amide bonds. The molecule has 0 N–H and O–H groups in total. The zero-order chi connectivity index (χ0) is 20.0. The highest BCUT2D eigenvalue weighted by molar-refractivity contribution is 5.90. The third-order valence-electron chi connectivity index (χ3n) is 6.96. The average molecular weight is 396 g/mol. The molecule has 29 heavy (non-hydrogen) atoms. The molecule has 1 spiro atoms. The Bertz CT molecular complexity index is 893. The zero-order valence-corrected chi connectivity index (χ0v) is 17.1. The van der Waals surface area contributed by atoms with E-state index in [1.165, 1.54) is 0 Å². The van der Waals surface area contributed by atoms with Gasteiger partial charge in [0, 0.05) is 32.7 Å². The lowest BCUT2D eigenvalue weighted by atomic mass is 9.85. The van der Waals surface area contributed by atoms with Crippen LogP contribution < -0.4 is 4.74 Å². The summed E-state index contributed by atoms with van der Waals surface area (Å²) in [5.41, 5.74) is 0.803. The van der Waals surface area contributed by atoms with Crippen LogP contribution in [-0.4, -0.2) is 48.6 Å². The van der Waals surface area contributed by atoms with Crippen molar-refractivity contribution >= 4 is 5.91 Å². The number of furan rings is 1. The van der Waals surface area contributed by atoms with Gasteiger partial charge >= 0.3 is 0 Å². The molecule has 1 aromatic carbocycles. The second-order valence-corrected chi connectivity index (χ2v) is 8.44. The summed E-state index contributed by atoms with van der Waals surface area (Å²) in [6.45, 7) is 2.93. The van der Waals surface area contributed by atoms with Crippen molar-refractivity contribution in [2.24, 2.45) is 5.92 Å². The number of likely N-dealkylation sites (tertiary alicyclic amines) is 1. The lowest BCUT2D eigenvalue weighted by Gasteiger charge is -2.32. The van der Waals surface area contributed by atoms with Gasteiger partial charge in [0.15, 0.2) is 0 Å². The molecule has 3 aliphatic heterocycles. The van der Waals surface area contributed by atoms with E-state index < -0.39 is 0 Å². The summed E-state index contributed by atoms with van der Waals surface area (Å²) in [6.07, 6.45) is 3.00. The van der Waals surface area contributed by atoms with Gasteiger partial charge in [-0.1, -0.05) is 12.1 Å². The Kier molecular flexibility index (Phi) is 4.63. The first kappa shape index (κ1) is 18.7. The summed E-state index contributed by atoms with van der Waals surface area (Å²) in [7, 11) is 3.34. The van der Waals surface area contributed by atoms with Crippen LogP contribution in [0.3, 0.4) is 0 Å². The number of nitrogens with zero attached hydrogens (tertiary/aromatic N) is 2. The van der Waals surface area contributed by atoms with E-state index in [-0.39, 0.29) is 11.6 Å². The standard InChI is InChI=1S/C23H28N2O4/c1-27-15-19-8-9-21(29-19)20-12-17-14-24(13-16-4-6-18(28-2)7-5-16)22(26)23(17)10-3-11-25(20)23/h4-9,17,20H,3,10-15H2,1-2H3/t17-,20-,23-/m0/s1. The number of carbonyl (C=O) groups is 1. The smallest absolute Gasteiger partial charge is 0.243 e. The number of rotatable bonds is 6. The van der Waals surface area contributed by atoms with Crippen molar-refractivity contribution in [3.8, 4) is 5.75 Å². The number of benzene rings is 1. The highest BCUT2D eigenvalue weighted by Crippen LogP contribution is 2.56. The lowest BCUT2D eigenvalue weighted by Crippen LogP contribution is -2.49. The summed E-state index contributed by atoms with van der Waals surface area (Å²) in [5.74, 6) is 3.31. The molecule has 154 valence electrons. The first-order valence-corrected chi connectivity index (χ1v) is 10.4. The van der Waals surface area contributed by atoms with Gasteiger partial charge in [-0.15, -0.1) is 0 Å². The maximum Gasteiger partial charge on any atom is 0.243 e.